The third kappa shape index (κ3) is 1.82. The van der Waals surface area contributed by atoms with E-state index in [0.29, 0.717) is 23.8 Å². The van der Waals surface area contributed by atoms with Crippen molar-refractivity contribution < 1.29 is 9.53 Å². The largest absolute Gasteiger partial charge is 0.381 e. The highest BCUT2D eigenvalue weighted by Gasteiger charge is 2.43. The molecule has 18 heavy (non-hydrogen) atoms. The molecular weight excluding hydrogens is 230 g/mol. The van der Waals surface area contributed by atoms with Crippen LogP contribution in [0.25, 0.3) is 0 Å². The molecule has 2 aliphatic rings. The molecule has 1 aliphatic carbocycles. The summed E-state index contributed by atoms with van der Waals surface area (Å²) in [6, 6.07) is 0. The van der Waals surface area contributed by atoms with Crippen LogP contribution in [0.5, 0.6) is 0 Å². The molecule has 5 heteroatoms. The van der Waals surface area contributed by atoms with E-state index in [1.165, 1.54) is 12.8 Å². The standard InChI is InChI=1S/C13H19N3O2/c1-8-5-14-12(15-8)13(17)16-6-9-3-4-10(7-16)11(9)18-2/h5,9-11H,3-4,6-7H2,1-2H3,(H,14,15)/t9-,10+,11?. The van der Waals surface area contributed by atoms with Gasteiger partial charge < -0.3 is 14.6 Å². The predicted octanol–water partition coefficient (Wildman–Crippen LogP) is 1.22. The van der Waals surface area contributed by atoms with Crippen molar-refractivity contribution in [3.8, 4) is 0 Å². The summed E-state index contributed by atoms with van der Waals surface area (Å²) in [4.78, 5) is 21.4. The normalized spacial score (nSPS) is 30.8. The number of piperidine rings is 1. The summed E-state index contributed by atoms with van der Waals surface area (Å²) >= 11 is 0. The monoisotopic (exact) mass is 249 g/mol. The van der Waals surface area contributed by atoms with E-state index in [0.717, 1.165) is 18.8 Å². The van der Waals surface area contributed by atoms with Crippen molar-refractivity contribution in [2.24, 2.45) is 11.8 Å². The van der Waals surface area contributed by atoms with Gasteiger partial charge in [0.05, 0.1) is 6.10 Å². The summed E-state index contributed by atoms with van der Waals surface area (Å²) in [5.74, 6) is 1.47. The minimum absolute atomic E-state index is 0.0227. The van der Waals surface area contributed by atoms with Crippen LogP contribution in [-0.4, -0.2) is 47.1 Å². The molecule has 0 aromatic carbocycles. The van der Waals surface area contributed by atoms with E-state index in [1.807, 2.05) is 11.8 Å². The lowest BCUT2D eigenvalue weighted by molar-refractivity contribution is -0.0116. The quantitative estimate of drug-likeness (QED) is 0.857. The van der Waals surface area contributed by atoms with Crippen LogP contribution in [0.15, 0.2) is 6.20 Å². The second kappa shape index (κ2) is 4.39. The first-order valence-electron chi connectivity index (χ1n) is 6.52. The van der Waals surface area contributed by atoms with Crippen LogP contribution in [0.2, 0.25) is 0 Å². The van der Waals surface area contributed by atoms with Crippen molar-refractivity contribution in [2.45, 2.75) is 25.9 Å². The lowest BCUT2D eigenvalue weighted by Gasteiger charge is -2.36. The highest BCUT2D eigenvalue weighted by molar-refractivity contribution is 5.90. The van der Waals surface area contributed by atoms with Gasteiger partial charge in [0.2, 0.25) is 0 Å². The molecule has 98 valence electrons. The Kier molecular flexibility index (Phi) is 2.86. The molecule has 3 rings (SSSR count). The number of aryl methyl sites for hydroxylation is 1. The number of likely N-dealkylation sites (tertiary alicyclic amines) is 1. The zero-order valence-corrected chi connectivity index (χ0v) is 10.8. The van der Waals surface area contributed by atoms with Crippen molar-refractivity contribution in [2.75, 3.05) is 20.2 Å². The Bertz CT molecular complexity index is 443. The number of methoxy groups -OCH3 is 1. The number of hydrogen-bond acceptors (Lipinski definition) is 3. The van der Waals surface area contributed by atoms with Gasteiger partial charge in [0.15, 0.2) is 5.82 Å². The van der Waals surface area contributed by atoms with Crippen LogP contribution < -0.4 is 0 Å². The molecule has 1 aromatic heterocycles. The number of imidazole rings is 1. The van der Waals surface area contributed by atoms with Crippen molar-refractivity contribution in [3.63, 3.8) is 0 Å². The molecule has 1 unspecified atom stereocenters. The van der Waals surface area contributed by atoms with Crippen LogP contribution in [-0.2, 0) is 4.74 Å². The number of aromatic amines is 1. The van der Waals surface area contributed by atoms with Crippen LogP contribution in [0.4, 0.5) is 0 Å². The van der Waals surface area contributed by atoms with Crippen molar-refractivity contribution in [3.05, 3.63) is 17.7 Å². The molecule has 2 bridgehead atoms. The van der Waals surface area contributed by atoms with Crippen molar-refractivity contribution in [1.82, 2.24) is 14.9 Å². The molecular formula is C13H19N3O2. The number of carbonyl (C=O) groups is 1. The molecule has 1 saturated heterocycles. The van der Waals surface area contributed by atoms with Gasteiger partial charge in [0, 0.05) is 43.9 Å². The highest BCUT2D eigenvalue weighted by atomic mass is 16.5. The molecule has 0 radical (unpaired) electrons. The van der Waals surface area contributed by atoms with E-state index in [-0.39, 0.29) is 5.91 Å². The molecule has 3 atom stereocenters. The number of nitrogens with zero attached hydrogens (tertiary/aromatic N) is 2. The summed E-state index contributed by atoms with van der Waals surface area (Å²) in [6.45, 7) is 3.51. The average Bonchev–Trinajstić information content (AvgIpc) is 2.89. The Hall–Kier alpha value is -1.36. The number of ether oxygens (including phenoxy) is 1. The maximum Gasteiger partial charge on any atom is 0.289 e. The molecule has 1 N–H and O–H groups in total. The van der Waals surface area contributed by atoms with Gasteiger partial charge in [0.1, 0.15) is 0 Å². The fraction of sp³-hybridized carbons (Fsp3) is 0.692. The molecule has 1 saturated carbocycles. The molecule has 1 aromatic rings. The zero-order chi connectivity index (χ0) is 12.7. The van der Waals surface area contributed by atoms with Gasteiger partial charge in [-0.1, -0.05) is 0 Å². The fourth-order valence-corrected chi connectivity index (χ4v) is 3.39. The van der Waals surface area contributed by atoms with E-state index in [2.05, 4.69) is 9.97 Å². The summed E-state index contributed by atoms with van der Waals surface area (Å²) in [5, 5.41) is 0. The lowest BCUT2D eigenvalue weighted by atomic mass is 9.95. The Balaban J connectivity index is 1.74. The molecule has 1 aliphatic heterocycles. The number of carbonyl (C=O) groups excluding carboxylic acids is 1. The van der Waals surface area contributed by atoms with Gasteiger partial charge >= 0.3 is 0 Å². The summed E-state index contributed by atoms with van der Waals surface area (Å²) in [7, 11) is 1.78. The van der Waals surface area contributed by atoms with Gasteiger partial charge in [-0.15, -0.1) is 0 Å². The Morgan fingerprint density at radius 1 is 1.44 bits per heavy atom. The highest BCUT2D eigenvalue weighted by Crippen LogP contribution is 2.38. The first-order valence-corrected chi connectivity index (χ1v) is 6.52. The minimum atomic E-state index is 0.0227. The van der Waals surface area contributed by atoms with Crippen LogP contribution in [0.3, 0.4) is 0 Å². The first kappa shape index (κ1) is 11.7. The first-order chi connectivity index (χ1) is 8.69. The molecule has 0 spiro atoms. The van der Waals surface area contributed by atoms with Crippen LogP contribution >= 0.6 is 0 Å². The number of hydrogen-bond donors (Lipinski definition) is 1. The number of amides is 1. The van der Waals surface area contributed by atoms with Crippen LogP contribution in [0.1, 0.15) is 29.2 Å². The molecule has 2 fully saturated rings. The Morgan fingerprint density at radius 3 is 2.61 bits per heavy atom. The van der Waals surface area contributed by atoms with Crippen molar-refractivity contribution in [1.29, 1.82) is 0 Å². The number of rotatable bonds is 2. The van der Waals surface area contributed by atoms with E-state index in [1.54, 1.807) is 13.3 Å². The van der Waals surface area contributed by atoms with Gasteiger partial charge in [-0.25, -0.2) is 4.98 Å². The summed E-state index contributed by atoms with van der Waals surface area (Å²) in [5.41, 5.74) is 0.924. The summed E-state index contributed by atoms with van der Waals surface area (Å²) < 4.78 is 5.55. The zero-order valence-electron chi connectivity index (χ0n) is 10.8. The third-order valence-electron chi connectivity index (χ3n) is 4.21. The van der Waals surface area contributed by atoms with E-state index in [4.69, 9.17) is 4.74 Å². The predicted molar refractivity (Wildman–Crippen MR) is 66.2 cm³/mol. The average molecular weight is 249 g/mol. The van der Waals surface area contributed by atoms with Gasteiger partial charge in [-0.2, -0.15) is 0 Å². The summed E-state index contributed by atoms with van der Waals surface area (Å²) in [6.07, 6.45) is 4.38. The van der Waals surface area contributed by atoms with Gasteiger partial charge in [-0.3, -0.25) is 4.79 Å². The van der Waals surface area contributed by atoms with Gasteiger partial charge in [-0.05, 0) is 19.8 Å². The van der Waals surface area contributed by atoms with Crippen molar-refractivity contribution >= 4 is 5.91 Å². The number of H-pyrrole nitrogens is 1. The second-order valence-corrected chi connectivity index (χ2v) is 5.42. The SMILES string of the molecule is COC1[C@@H]2CC[C@H]1CN(C(=O)c1ncc(C)[nH]1)C2. The number of aromatic nitrogens is 2. The Labute approximate surface area is 107 Å². The maximum absolute atomic E-state index is 12.3. The minimum Gasteiger partial charge on any atom is -0.381 e. The van der Waals surface area contributed by atoms with Crippen LogP contribution in [0, 0.1) is 18.8 Å². The Morgan fingerprint density at radius 2 is 2.11 bits per heavy atom. The maximum atomic E-state index is 12.3. The fourth-order valence-electron chi connectivity index (χ4n) is 3.39. The topological polar surface area (TPSA) is 58.2 Å². The number of fused-ring (bicyclic) bond motifs is 2. The van der Waals surface area contributed by atoms with E-state index >= 15 is 0 Å². The number of nitrogens with one attached hydrogen (secondary N) is 1. The third-order valence-corrected chi connectivity index (χ3v) is 4.21. The molecule has 1 amide bonds. The molecule has 5 nitrogen and oxygen atoms in total. The lowest BCUT2D eigenvalue weighted by Crippen LogP contribution is -2.48. The van der Waals surface area contributed by atoms with E-state index in [9.17, 15) is 4.79 Å². The van der Waals surface area contributed by atoms with Gasteiger partial charge in [0.25, 0.3) is 5.91 Å². The van der Waals surface area contributed by atoms with E-state index < -0.39 is 0 Å². The molecule has 2 heterocycles. The smallest absolute Gasteiger partial charge is 0.289 e. The second-order valence-electron chi connectivity index (χ2n) is 5.42.